The lowest BCUT2D eigenvalue weighted by Gasteiger charge is -2.10. The van der Waals surface area contributed by atoms with E-state index in [0.29, 0.717) is 42.5 Å². The van der Waals surface area contributed by atoms with Gasteiger partial charge in [-0.05, 0) is 26.8 Å². The predicted octanol–water partition coefficient (Wildman–Crippen LogP) is 1.94. The van der Waals surface area contributed by atoms with Gasteiger partial charge in [0.2, 0.25) is 0 Å². The molecular formula is C30H42N8O9. The van der Waals surface area contributed by atoms with Gasteiger partial charge in [0.05, 0.1) is 54.0 Å². The van der Waals surface area contributed by atoms with Gasteiger partial charge >= 0.3 is 35.9 Å². The normalized spacial score (nSPS) is 11.4. The highest BCUT2D eigenvalue weighted by molar-refractivity contribution is 5.86. The van der Waals surface area contributed by atoms with E-state index >= 15 is 0 Å². The van der Waals surface area contributed by atoms with E-state index in [9.17, 15) is 14.4 Å². The molecule has 3 aromatic heterocycles. The highest BCUT2D eigenvalue weighted by Crippen LogP contribution is 2.15. The number of nitrogens with zero attached hydrogens (tertiary/aromatic N) is 6. The van der Waals surface area contributed by atoms with Crippen LogP contribution in [0.15, 0.2) is 43.3 Å². The second kappa shape index (κ2) is 23.1. The van der Waals surface area contributed by atoms with Crippen LogP contribution < -0.4 is 25.7 Å². The molecule has 1 unspecified atom stereocenters. The van der Waals surface area contributed by atoms with Crippen LogP contribution >= 0.6 is 0 Å². The molecule has 0 aromatic carbocycles. The van der Waals surface area contributed by atoms with Crippen LogP contribution in [0.3, 0.4) is 0 Å². The van der Waals surface area contributed by atoms with Gasteiger partial charge in [0.25, 0.3) is 0 Å². The highest BCUT2D eigenvalue weighted by atomic mass is 16.5. The first-order valence-electron chi connectivity index (χ1n) is 14.4. The van der Waals surface area contributed by atoms with Crippen molar-refractivity contribution >= 4 is 24.0 Å². The van der Waals surface area contributed by atoms with Crippen molar-refractivity contribution in [3.05, 3.63) is 59.9 Å². The molecule has 0 spiro atoms. The SMILES string of the molecule is CCOC(=O)/C=C/c1cnc(OC)nc1.CCOC(=O)CC(N)c1cnc(OC)nc1.CCOC(=O)C[C@H](N)c1cnc(OC)nc1. The van der Waals surface area contributed by atoms with Crippen LogP contribution in [0.4, 0.5) is 0 Å². The van der Waals surface area contributed by atoms with E-state index in [0.717, 1.165) is 0 Å². The van der Waals surface area contributed by atoms with Crippen molar-refractivity contribution in [3.63, 3.8) is 0 Å². The maximum Gasteiger partial charge on any atom is 0.330 e. The zero-order valence-electron chi connectivity index (χ0n) is 27.3. The third-order valence-electron chi connectivity index (χ3n) is 5.43. The van der Waals surface area contributed by atoms with E-state index in [-0.39, 0.29) is 42.8 Å². The topological polar surface area (TPSA) is 236 Å². The lowest BCUT2D eigenvalue weighted by molar-refractivity contribution is -0.144. The van der Waals surface area contributed by atoms with Crippen LogP contribution in [0.5, 0.6) is 18.0 Å². The minimum Gasteiger partial charge on any atom is -0.467 e. The highest BCUT2D eigenvalue weighted by Gasteiger charge is 2.14. The Morgan fingerprint density at radius 2 is 0.957 bits per heavy atom. The molecule has 256 valence electrons. The molecule has 4 N–H and O–H groups in total. The summed E-state index contributed by atoms with van der Waals surface area (Å²) in [6.45, 7) is 6.32. The lowest BCUT2D eigenvalue weighted by atomic mass is 10.1. The van der Waals surface area contributed by atoms with Gasteiger partial charge in [0.1, 0.15) is 0 Å². The number of methoxy groups -OCH3 is 3. The Balaban J connectivity index is 0.000000353. The molecule has 0 aliphatic rings. The van der Waals surface area contributed by atoms with Gasteiger partial charge in [-0.1, -0.05) is 0 Å². The summed E-state index contributed by atoms with van der Waals surface area (Å²) in [6.07, 6.45) is 12.4. The molecule has 47 heavy (non-hydrogen) atoms. The van der Waals surface area contributed by atoms with Crippen molar-refractivity contribution in [1.82, 2.24) is 29.9 Å². The van der Waals surface area contributed by atoms with Gasteiger partial charge in [-0.25, -0.2) is 34.7 Å². The Hall–Kier alpha value is -5.29. The predicted molar refractivity (Wildman–Crippen MR) is 168 cm³/mol. The number of ether oxygens (including phenoxy) is 6. The van der Waals surface area contributed by atoms with E-state index in [1.807, 2.05) is 0 Å². The average Bonchev–Trinajstić information content (AvgIpc) is 3.08. The molecule has 17 nitrogen and oxygen atoms in total. The van der Waals surface area contributed by atoms with Gasteiger partial charge in [-0.15, -0.1) is 0 Å². The molecule has 0 aliphatic heterocycles. The van der Waals surface area contributed by atoms with Crippen molar-refractivity contribution in [1.29, 1.82) is 0 Å². The molecule has 0 amide bonds. The van der Waals surface area contributed by atoms with Crippen molar-refractivity contribution in [2.75, 3.05) is 41.2 Å². The Labute approximate surface area is 273 Å². The Bertz CT molecular complexity index is 1290. The van der Waals surface area contributed by atoms with Crippen molar-refractivity contribution < 1.29 is 42.8 Å². The molecule has 3 heterocycles. The smallest absolute Gasteiger partial charge is 0.330 e. The number of hydrogen-bond donors (Lipinski definition) is 2. The molecule has 2 atom stereocenters. The number of carbonyl (C=O) groups excluding carboxylic acids is 3. The minimum atomic E-state index is -0.454. The van der Waals surface area contributed by atoms with Crippen molar-refractivity contribution in [2.45, 2.75) is 45.7 Å². The second-order valence-corrected chi connectivity index (χ2v) is 8.83. The molecule has 0 saturated heterocycles. The first-order valence-corrected chi connectivity index (χ1v) is 14.4. The fraction of sp³-hybridized carbons (Fsp3) is 0.433. The first kappa shape index (κ1) is 39.7. The summed E-state index contributed by atoms with van der Waals surface area (Å²) in [4.78, 5) is 56.7. The summed E-state index contributed by atoms with van der Waals surface area (Å²) in [6, 6.07) is -0.0719. The summed E-state index contributed by atoms with van der Waals surface area (Å²) >= 11 is 0. The van der Waals surface area contributed by atoms with Crippen LogP contribution in [0, 0.1) is 0 Å². The van der Waals surface area contributed by atoms with Crippen molar-refractivity contribution in [3.8, 4) is 18.0 Å². The fourth-order valence-electron chi connectivity index (χ4n) is 3.15. The molecule has 0 aliphatic carbocycles. The Morgan fingerprint density at radius 1 is 0.617 bits per heavy atom. The molecule has 0 saturated carbocycles. The first-order chi connectivity index (χ1) is 22.6. The average molecular weight is 659 g/mol. The number of aromatic nitrogens is 6. The van der Waals surface area contributed by atoms with Gasteiger partial charge in [0, 0.05) is 72.0 Å². The summed E-state index contributed by atoms with van der Waals surface area (Å²) in [5.41, 5.74) is 13.7. The van der Waals surface area contributed by atoms with E-state index in [1.165, 1.54) is 52.2 Å². The molecule has 0 fully saturated rings. The van der Waals surface area contributed by atoms with Gasteiger partial charge in [-0.3, -0.25) is 9.59 Å². The van der Waals surface area contributed by atoms with Crippen LogP contribution in [-0.4, -0.2) is 89.0 Å². The van der Waals surface area contributed by atoms with Crippen LogP contribution in [0.25, 0.3) is 6.08 Å². The van der Waals surface area contributed by atoms with E-state index in [2.05, 4.69) is 29.9 Å². The van der Waals surface area contributed by atoms with E-state index < -0.39 is 12.1 Å². The minimum absolute atomic E-state index is 0.115. The summed E-state index contributed by atoms with van der Waals surface area (Å²) in [7, 11) is 4.45. The summed E-state index contributed by atoms with van der Waals surface area (Å²) in [5.74, 6) is -1.04. The Kier molecular flexibility index (Phi) is 19.5. The molecule has 3 rings (SSSR count). The third kappa shape index (κ3) is 16.6. The fourth-order valence-corrected chi connectivity index (χ4v) is 3.15. The zero-order valence-corrected chi connectivity index (χ0v) is 27.3. The van der Waals surface area contributed by atoms with Crippen molar-refractivity contribution in [2.24, 2.45) is 11.5 Å². The number of hydrogen-bond acceptors (Lipinski definition) is 17. The quantitative estimate of drug-likeness (QED) is 0.143. The standard InChI is InChI=1S/2C10H15N3O3.C10H12N2O3/c2*1-3-16-9(14)4-8(11)7-5-12-10(15-2)13-6-7;1-3-15-9(13)5-4-8-6-11-10(14-2)12-7-8/h2*5-6,8H,3-4,11H2,1-2H3;4-7H,3H2,1-2H3/b;;5-4+/t8-;;/m0../s1. The summed E-state index contributed by atoms with van der Waals surface area (Å²) in [5, 5.41) is 0. The molecular weight excluding hydrogens is 616 g/mol. The number of esters is 3. The van der Waals surface area contributed by atoms with Crippen LogP contribution in [0.2, 0.25) is 0 Å². The number of rotatable bonds is 14. The van der Waals surface area contributed by atoms with E-state index in [1.54, 1.807) is 39.2 Å². The van der Waals surface area contributed by atoms with Gasteiger partial charge in [-0.2, -0.15) is 0 Å². The molecule has 3 aromatic rings. The molecule has 17 heteroatoms. The number of carbonyl (C=O) groups is 3. The molecule has 0 radical (unpaired) electrons. The van der Waals surface area contributed by atoms with Gasteiger partial charge < -0.3 is 39.9 Å². The van der Waals surface area contributed by atoms with Crippen LogP contribution in [0.1, 0.15) is 62.4 Å². The zero-order chi connectivity index (χ0) is 35.0. The maximum absolute atomic E-state index is 11.2. The lowest BCUT2D eigenvalue weighted by Crippen LogP contribution is -2.17. The van der Waals surface area contributed by atoms with Crippen LogP contribution in [-0.2, 0) is 28.6 Å². The third-order valence-corrected chi connectivity index (χ3v) is 5.43. The molecule has 0 bridgehead atoms. The summed E-state index contributed by atoms with van der Waals surface area (Å²) < 4.78 is 28.7. The largest absolute Gasteiger partial charge is 0.467 e. The Morgan fingerprint density at radius 3 is 1.28 bits per heavy atom. The van der Waals surface area contributed by atoms with E-state index in [4.69, 9.17) is 39.9 Å². The second-order valence-electron chi connectivity index (χ2n) is 8.83. The maximum atomic E-state index is 11.2. The van der Waals surface area contributed by atoms with Gasteiger partial charge in [0.15, 0.2) is 0 Å². The number of nitrogens with two attached hydrogens (primary N) is 2. The monoisotopic (exact) mass is 658 g/mol.